The molecule has 1 aliphatic rings. The molecule has 0 radical (unpaired) electrons. The van der Waals surface area contributed by atoms with Crippen LogP contribution in [0.2, 0.25) is 0 Å². The van der Waals surface area contributed by atoms with Crippen LogP contribution < -0.4 is 0 Å². The standard InChI is InChI=1S/C9H14N4/c1-12-5-6-13(4-2-3-10)8-9(12)7-11/h9H,2,4-6,8H2,1H3. The third-order valence-electron chi connectivity index (χ3n) is 2.42. The fourth-order valence-corrected chi connectivity index (χ4v) is 1.48. The van der Waals surface area contributed by atoms with Gasteiger partial charge in [-0.1, -0.05) is 0 Å². The highest BCUT2D eigenvalue weighted by Crippen LogP contribution is 2.06. The number of nitriles is 2. The summed E-state index contributed by atoms with van der Waals surface area (Å²) >= 11 is 0. The van der Waals surface area contributed by atoms with Gasteiger partial charge in [0.05, 0.1) is 12.1 Å². The fraction of sp³-hybridized carbons (Fsp3) is 0.778. The summed E-state index contributed by atoms with van der Waals surface area (Å²) in [6, 6.07) is 4.38. The normalized spacial score (nSPS) is 25.0. The SMILES string of the molecule is CN1CCN(CCC#N)CC1C#N. The first-order chi connectivity index (χ1) is 6.27. The van der Waals surface area contributed by atoms with Gasteiger partial charge in [0.1, 0.15) is 6.04 Å². The van der Waals surface area contributed by atoms with Crippen LogP contribution in [-0.2, 0) is 0 Å². The second-order valence-electron chi connectivity index (χ2n) is 3.33. The lowest BCUT2D eigenvalue weighted by Crippen LogP contribution is -2.50. The van der Waals surface area contributed by atoms with Crippen LogP contribution in [0.5, 0.6) is 0 Å². The predicted octanol–water partition coefficient (Wildman–Crippen LogP) is 0.0397. The van der Waals surface area contributed by atoms with Crippen LogP contribution in [0.3, 0.4) is 0 Å². The Morgan fingerprint density at radius 3 is 2.77 bits per heavy atom. The smallest absolute Gasteiger partial charge is 0.110 e. The van der Waals surface area contributed by atoms with Crippen molar-refractivity contribution < 1.29 is 0 Å². The third kappa shape index (κ3) is 2.69. The number of rotatable bonds is 2. The van der Waals surface area contributed by atoms with Gasteiger partial charge in [0.25, 0.3) is 0 Å². The molecule has 1 rings (SSSR count). The van der Waals surface area contributed by atoms with Gasteiger partial charge in [0.2, 0.25) is 0 Å². The summed E-state index contributed by atoms with van der Waals surface area (Å²) < 4.78 is 0. The summed E-state index contributed by atoms with van der Waals surface area (Å²) in [7, 11) is 1.97. The van der Waals surface area contributed by atoms with Crippen LogP contribution in [0.25, 0.3) is 0 Å². The van der Waals surface area contributed by atoms with Gasteiger partial charge >= 0.3 is 0 Å². The minimum atomic E-state index is -0.00700. The number of hydrogen-bond donors (Lipinski definition) is 0. The Kier molecular flexibility index (Phi) is 3.70. The number of nitrogens with zero attached hydrogens (tertiary/aromatic N) is 4. The second kappa shape index (κ2) is 4.81. The Hall–Kier alpha value is -1.10. The number of likely N-dealkylation sites (N-methyl/N-ethyl adjacent to an activating group) is 1. The van der Waals surface area contributed by atoms with Crippen LogP contribution in [0.1, 0.15) is 6.42 Å². The molecule has 0 bridgehead atoms. The molecule has 0 aromatic carbocycles. The molecule has 1 aliphatic heterocycles. The van der Waals surface area contributed by atoms with E-state index < -0.39 is 0 Å². The molecule has 1 atom stereocenters. The first-order valence-corrected chi connectivity index (χ1v) is 4.47. The molecule has 0 aromatic heterocycles. The van der Waals surface area contributed by atoms with Crippen molar-refractivity contribution in [3.05, 3.63) is 0 Å². The van der Waals surface area contributed by atoms with Crippen LogP contribution in [0.15, 0.2) is 0 Å². The van der Waals surface area contributed by atoms with E-state index in [1.807, 2.05) is 7.05 Å². The van der Waals surface area contributed by atoms with E-state index in [2.05, 4.69) is 21.9 Å². The molecule has 4 heteroatoms. The van der Waals surface area contributed by atoms with Crippen LogP contribution in [-0.4, -0.2) is 49.1 Å². The maximum Gasteiger partial charge on any atom is 0.110 e. The van der Waals surface area contributed by atoms with Gasteiger partial charge in [-0.05, 0) is 7.05 Å². The monoisotopic (exact) mass is 178 g/mol. The zero-order chi connectivity index (χ0) is 9.68. The molecule has 4 nitrogen and oxygen atoms in total. The average Bonchev–Trinajstić information content (AvgIpc) is 2.16. The van der Waals surface area contributed by atoms with E-state index in [0.717, 1.165) is 26.2 Å². The summed E-state index contributed by atoms with van der Waals surface area (Å²) in [6.45, 7) is 3.46. The van der Waals surface area contributed by atoms with E-state index in [9.17, 15) is 0 Å². The Labute approximate surface area is 79.0 Å². The zero-order valence-corrected chi connectivity index (χ0v) is 7.90. The summed E-state index contributed by atoms with van der Waals surface area (Å²) in [5, 5.41) is 17.2. The van der Waals surface area contributed by atoms with Crippen molar-refractivity contribution in [2.24, 2.45) is 0 Å². The van der Waals surface area contributed by atoms with Crippen LogP contribution >= 0.6 is 0 Å². The lowest BCUT2D eigenvalue weighted by atomic mass is 10.2. The molecular formula is C9H14N4. The summed E-state index contributed by atoms with van der Waals surface area (Å²) in [4.78, 5) is 4.24. The molecule has 0 saturated carbocycles. The molecule has 0 N–H and O–H groups in total. The van der Waals surface area contributed by atoms with Gasteiger partial charge in [0, 0.05) is 32.6 Å². The molecule has 0 aromatic rings. The summed E-state index contributed by atoms with van der Waals surface area (Å²) in [6.07, 6.45) is 0.557. The van der Waals surface area contributed by atoms with Crippen LogP contribution in [0.4, 0.5) is 0 Å². The molecule has 1 unspecified atom stereocenters. The minimum Gasteiger partial charge on any atom is -0.298 e. The highest BCUT2D eigenvalue weighted by molar-refractivity contribution is 4.96. The summed E-state index contributed by atoms with van der Waals surface area (Å²) in [5.74, 6) is 0. The second-order valence-corrected chi connectivity index (χ2v) is 3.33. The van der Waals surface area contributed by atoms with Crippen molar-refractivity contribution in [2.75, 3.05) is 33.2 Å². The maximum atomic E-state index is 8.82. The van der Waals surface area contributed by atoms with Gasteiger partial charge in [-0.15, -0.1) is 0 Å². The predicted molar refractivity (Wildman–Crippen MR) is 48.7 cm³/mol. The van der Waals surface area contributed by atoms with Crippen molar-refractivity contribution in [3.63, 3.8) is 0 Å². The molecule has 70 valence electrons. The van der Waals surface area contributed by atoms with Crippen molar-refractivity contribution in [3.8, 4) is 12.1 Å². The minimum absolute atomic E-state index is 0.00700. The summed E-state index contributed by atoms with van der Waals surface area (Å²) in [5.41, 5.74) is 0. The van der Waals surface area contributed by atoms with Gasteiger partial charge < -0.3 is 0 Å². The molecule has 0 amide bonds. The third-order valence-corrected chi connectivity index (χ3v) is 2.42. The fourth-order valence-electron chi connectivity index (χ4n) is 1.48. The van der Waals surface area contributed by atoms with Crippen molar-refractivity contribution in [2.45, 2.75) is 12.5 Å². The molecule has 0 spiro atoms. The van der Waals surface area contributed by atoms with Gasteiger partial charge in [0.15, 0.2) is 0 Å². The Morgan fingerprint density at radius 1 is 1.38 bits per heavy atom. The molecule has 13 heavy (non-hydrogen) atoms. The van der Waals surface area contributed by atoms with Crippen molar-refractivity contribution >= 4 is 0 Å². The van der Waals surface area contributed by atoms with Gasteiger partial charge in [-0.25, -0.2) is 0 Å². The highest BCUT2D eigenvalue weighted by Gasteiger charge is 2.23. The Balaban J connectivity index is 2.38. The average molecular weight is 178 g/mol. The van der Waals surface area contributed by atoms with Gasteiger partial charge in [-0.3, -0.25) is 9.80 Å². The first-order valence-electron chi connectivity index (χ1n) is 4.47. The zero-order valence-electron chi connectivity index (χ0n) is 7.90. The molecule has 0 aliphatic carbocycles. The van der Waals surface area contributed by atoms with Crippen molar-refractivity contribution in [1.82, 2.24) is 9.80 Å². The Morgan fingerprint density at radius 2 is 2.15 bits per heavy atom. The van der Waals surface area contributed by atoms with E-state index in [0.29, 0.717) is 6.42 Å². The number of hydrogen-bond acceptors (Lipinski definition) is 4. The van der Waals surface area contributed by atoms with E-state index in [1.165, 1.54) is 0 Å². The lowest BCUT2D eigenvalue weighted by molar-refractivity contribution is 0.124. The van der Waals surface area contributed by atoms with Crippen molar-refractivity contribution in [1.29, 1.82) is 10.5 Å². The van der Waals surface area contributed by atoms with E-state index in [4.69, 9.17) is 10.5 Å². The Bertz CT molecular complexity index is 237. The lowest BCUT2D eigenvalue weighted by Gasteiger charge is -2.35. The van der Waals surface area contributed by atoms with E-state index in [1.54, 1.807) is 0 Å². The molecular weight excluding hydrogens is 164 g/mol. The van der Waals surface area contributed by atoms with Gasteiger partial charge in [-0.2, -0.15) is 10.5 Å². The molecule has 1 saturated heterocycles. The first kappa shape index (κ1) is 9.98. The largest absolute Gasteiger partial charge is 0.298 e. The quantitative estimate of drug-likeness (QED) is 0.599. The maximum absolute atomic E-state index is 8.82. The van der Waals surface area contributed by atoms with Crippen LogP contribution in [0, 0.1) is 22.7 Å². The number of piperazine rings is 1. The highest BCUT2D eigenvalue weighted by atomic mass is 15.3. The van der Waals surface area contributed by atoms with E-state index in [-0.39, 0.29) is 6.04 Å². The molecule has 1 heterocycles. The van der Waals surface area contributed by atoms with E-state index >= 15 is 0 Å². The molecule has 1 fully saturated rings. The topological polar surface area (TPSA) is 54.1 Å².